The second-order valence-corrected chi connectivity index (χ2v) is 5.77. The van der Waals surface area contributed by atoms with Crippen LogP contribution in [-0.2, 0) is 22.4 Å². The third-order valence-corrected chi connectivity index (χ3v) is 4.07. The average molecular weight is 286 g/mol. The molecule has 4 nitrogen and oxygen atoms in total. The van der Waals surface area contributed by atoms with Crippen LogP contribution in [0.4, 0.5) is 0 Å². The molecular formula is C17H22N2O2. The third-order valence-electron chi connectivity index (χ3n) is 4.07. The van der Waals surface area contributed by atoms with Crippen molar-refractivity contribution in [1.29, 1.82) is 0 Å². The Kier molecular flexibility index (Phi) is 4.08. The van der Waals surface area contributed by atoms with Gasteiger partial charge in [-0.25, -0.2) is 4.98 Å². The molecule has 3 rings (SSSR count). The molecule has 0 unspecified atom stereocenters. The summed E-state index contributed by atoms with van der Waals surface area (Å²) in [5, 5.41) is 0. The highest BCUT2D eigenvalue weighted by Crippen LogP contribution is 2.28. The number of aryl methyl sites for hydroxylation is 3. The Hall–Kier alpha value is -1.65. The summed E-state index contributed by atoms with van der Waals surface area (Å²) >= 11 is 0. The number of benzene rings is 1. The van der Waals surface area contributed by atoms with Crippen LogP contribution in [0.3, 0.4) is 0 Å². The van der Waals surface area contributed by atoms with Gasteiger partial charge in [-0.1, -0.05) is 23.8 Å². The zero-order valence-electron chi connectivity index (χ0n) is 12.7. The van der Waals surface area contributed by atoms with Gasteiger partial charge in [0.1, 0.15) is 0 Å². The van der Waals surface area contributed by atoms with Crippen molar-refractivity contribution in [3.63, 3.8) is 0 Å². The summed E-state index contributed by atoms with van der Waals surface area (Å²) in [5.74, 6) is -0.516. The highest BCUT2D eigenvalue weighted by Gasteiger charge is 2.36. The van der Waals surface area contributed by atoms with Crippen LogP contribution < -0.4 is 0 Å². The van der Waals surface area contributed by atoms with Gasteiger partial charge in [0.15, 0.2) is 5.79 Å². The first-order chi connectivity index (χ1) is 10.2. The molecular weight excluding hydrogens is 264 g/mol. The molecule has 2 aromatic rings. The standard InChI is InChI=1S/C17H22N2O2/c1-14-3-4-16(15(2)11-14)5-6-17(20-9-10-21-17)12-19-8-7-18-13-19/h3-4,7-8,11,13H,5-6,9-10,12H2,1-2H3. The lowest BCUT2D eigenvalue weighted by molar-refractivity contribution is -0.171. The fourth-order valence-electron chi connectivity index (χ4n) is 2.92. The molecule has 0 N–H and O–H groups in total. The lowest BCUT2D eigenvalue weighted by atomic mass is 9.98. The summed E-state index contributed by atoms with van der Waals surface area (Å²) in [6.45, 7) is 6.32. The first-order valence-corrected chi connectivity index (χ1v) is 7.47. The molecule has 1 fully saturated rings. The summed E-state index contributed by atoms with van der Waals surface area (Å²) in [6.07, 6.45) is 7.36. The first kappa shape index (κ1) is 14.3. The van der Waals surface area contributed by atoms with E-state index in [9.17, 15) is 0 Å². The van der Waals surface area contributed by atoms with Gasteiger partial charge in [-0.3, -0.25) is 0 Å². The number of ether oxygens (including phenoxy) is 2. The molecule has 2 heterocycles. The fourth-order valence-corrected chi connectivity index (χ4v) is 2.92. The second kappa shape index (κ2) is 6.00. The van der Waals surface area contributed by atoms with Gasteiger partial charge in [-0.15, -0.1) is 0 Å². The molecule has 0 spiro atoms. The summed E-state index contributed by atoms with van der Waals surface area (Å²) in [5.41, 5.74) is 4.01. The van der Waals surface area contributed by atoms with Crippen LogP contribution in [0.2, 0.25) is 0 Å². The molecule has 0 radical (unpaired) electrons. The summed E-state index contributed by atoms with van der Waals surface area (Å²) < 4.78 is 13.9. The average Bonchev–Trinajstić information content (AvgIpc) is 3.11. The smallest absolute Gasteiger partial charge is 0.186 e. The predicted molar refractivity (Wildman–Crippen MR) is 81.1 cm³/mol. The monoisotopic (exact) mass is 286 g/mol. The van der Waals surface area contributed by atoms with Crippen LogP contribution in [0.1, 0.15) is 23.1 Å². The van der Waals surface area contributed by atoms with E-state index in [1.165, 1.54) is 16.7 Å². The van der Waals surface area contributed by atoms with E-state index in [1.54, 1.807) is 6.20 Å². The predicted octanol–water partition coefficient (Wildman–Crippen LogP) is 2.88. The number of nitrogens with zero attached hydrogens (tertiary/aromatic N) is 2. The number of imidazole rings is 1. The van der Waals surface area contributed by atoms with Gasteiger partial charge in [0, 0.05) is 18.8 Å². The van der Waals surface area contributed by atoms with Crippen molar-refractivity contribution in [2.75, 3.05) is 13.2 Å². The van der Waals surface area contributed by atoms with Crippen molar-refractivity contribution >= 4 is 0 Å². The molecule has 0 atom stereocenters. The van der Waals surface area contributed by atoms with Gasteiger partial charge >= 0.3 is 0 Å². The fraction of sp³-hybridized carbons (Fsp3) is 0.471. The van der Waals surface area contributed by atoms with Crippen molar-refractivity contribution in [2.24, 2.45) is 0 Å². The highest BCUT2D eigenvalue weighted by atomic mass is 16.7. The SMILES string of the molecule is Cc1ccc(CCC2(Cn3ccnc3)OCCO2)c(C)c1. The molecule has 1 aromatic heterocycles. The van der Waals surface area contributed by atoms with E-state index in [1.807, 2.05) is 17.1 Å². The molecule has 1 aliphatic rings. The molecule has 1 aromatic carbocycles. The highest BCUT2D eigenvalue weighted by molar-refractivity contribution is 5.30. The van der Waals surface area contributed by atoms with Crippen molar-refractivity contribution in [2.45, 2.75) is 39.0 Å². The zero-order valence-corrected chi connectivity index (χ0v) is 12.7. The number of rotatable bonds is 5. The van der Waals surface area contributed by atoms with Crippen LogP contribution >= 0.6 is 0 Å². The Labute approximate surface area is 125 Å². The summed E-state index contributed by atoms with van der Waals surface area (Å²) in [4.78, 5) is 4.09. The Morgan fingerprint density at radius 1 is 1.24 bits per heavy atom. The Bertz CT molecular complexity index is 587. The minimum Gasteiger partial charge on any atom is -0.346 e. The molecule has 1 saturated heterocycles. The van der Waals surface area contributed by atoms with E-state index in [0.717, 1.165) is 12.8 Å². The van der Waals surface area contributed by atoms with Crippen molar-refractivity contribution in [3.05, 3.63) is 53.6 Å². The molecule has 112 valence electrons. The minimum absolute atomic E-state index is 0.516. The van der Waals surface area contributed by atoms with Crippen LogP contribution in [-0.4, -0.2) is 28.6 Å². The van der Waals surface area contributed by atoms with Crippen LogP contribution in [0.5, 0.6) is 0 Å². The normalized spacial score (nSPS) is 17.2. The minimum atomic E-state index is -0.516. The Balaban J connectivity index is 1.70. The quantitative estimate of drug-likeness (QED) is 0.848. The van der Waals surface area contributed by atoms with E-state index < -0.39 is 5.79 Å². The lowest BCUT2D eigenvalue weighted by Crippen LogP contribution is -2.36. The summed E-state index contributed by atoms with van der Waals surface area (Å²) in [7, 11) is 0. The van der Waals surface area contributed by atoms with E-state index in [4.69, 9.17) is 9.47 Å². The van der Waals surface area contributed by atoms with Crippen LogP contribution in [0.25, 0.3) is 0 Å². The van der Waals surface area contributed by atoms with Gasteiger partial charge < -0.3 is 14.0 Å². The maximum absolute atomic E-state index is 5.93. The van der Waals surface area contributed by atoms with Gasteiger partial charge in [-0.05, 0) is 31.4 Å². The molecule has 0 amide bonds. The van der Waals surface area contributed by atoms with Gasteiger partial charge in [0.25, 0.3) is 0 Å². The summed E-state index contributed by atoms with van der Waals surface area (Å²) in [6, 6.07) is 6.61. The molecule has 0 bridgehead atoms. The van der Waals surface area contributed by atoms with Gasteiger partial charge in [0.05, 0.1) is 26.1 Å². The van der Waals surface area contributed by atoms with Crippen molar-refractivity contribution in [1.82, 2.24) is 9.55 Å². The van der Waals surface area contributed by atoms with Gasteiger partial charge in [0.2, 0.25) is 0 Å². The molecule has 21 heavy (non-hydrogen) atoms. The Morgan fingerprint density at radius 2 is 2.05 bits per heavy atom. The van der Waals surface area contributed by atoms with E-state index in [0.29, 0.717) is 19.8 Å². The van der Waals surface area contributed by atoms with E-state index >= 15 is 0 Å². The van der Waals surface area contributed by atoms with Crippen LogP contribution in [0.15, 0.2) is 36.9 Å². The number of hydrogen-bond donors (Lipinski definition) is 0. The van der Waals surface area contributed by atoms with Crippen molar-refractivity contribution < 1.29 is 9.47 Å². The second-order valence-electron chi connectivity index (χ2n) is 5.77. The first-order valence-electron chi connectivity index (χ1n) is 7.47. The van der Waals surface area contributed by atoms with E-state index in [-0.39, 0.29) is 0 Å². The molecule has 1 aliphatic heterocycles. The van der Waals surface area contributed by atoms with Crippen LogP contribution in [0, 0.1) is 13.8 Å². The number of aromatic nitrogens is 2. The maximum atomic E-state index is 5.93. The van der Waals surface area contributed by atoms with Crippen molar-refractivity contribution in [3.8, 4) is 0 Å². The Morgan fingerprint density at radius 3 is 2.71 bits per heavy atom. The molecule has 0 saturated carbocycles. The number of hydrogen-bond acceptors (Lipinski definition) is 3. The van der Waals surface area contributed by atoms with Gasteiger partial charge in [-0.2, -0.15) is 0 Å². The third kappa shape index (κ3) is 3.34. The zero-order chi connectivity index (χ0) is 14.7. The molecule has 4 heteroatoms. The molecule has 0 aliphatic carbocycles. The topological polar surface area (TPSA) is 36.3 Å². The maximum Gasteiger partial charge on any atom is 0.186 e. The largest absolute Gasteiger partial charge is 0.346 e. The van der Waals surface area contributed by atoms with E-state index in [2.05, 4.69) is 37.0 Å². The lowest BCUT2D eigenvalue weighted by Gasteiger charge is -2.28.